The number of hydrogen-bond donors (Lipinski definition) is 0. The number of thiazole rings is 1. The lowest BCUT2D eigenvalue weighted by Gasteiger charge is -2.21. The van der Waals surface area contributed by atoms with E-state index in [9.17, 15) is 10.1 Å². The first-order valence-electron chi connectivity index (χ1n) is 11.4. The average Bonchev–Trinajstić information content (AvgIpc) is 3.63. The van der Waals surface area contributed by atoms with Gasteiger partial charge >= 0.3 is 0 Å². The third kappa shape index (κ3) is 3.78. The second-order valence-corrected chi connectivity index (χ2v) is 9.51. The minimum absolute atomic E-state index is 0.0697. The van der Waals surface area contributed by atoms with Gasteiger partial charge in [0, 0.05) is 29.5 Å². The topological polar surface area (TPSA) is 71.6 Å². The molecule has 0 fully saturated rings. The van der Waals surface area contributed by atoms with E-state index in [0.717, 1.165) is 34.9 Å². The van der Waals surface area contributed by atoms with Crippen LogP contribution < -0.4 is 5.01 Å². The Balaban J connectivity index is 1.35. The number of hydrazone groups is 1. The molecule has 0 saturated carbocycles. The molecule has 2 aliphatic rings. The summed E-state index contributed by atoms with van der Waals surface area (Å²) in [5.41, 5.74) is 8.11. The van der Waals surface area contributed by atoms with Crippen LogP contribution in [0.15, 0.2) is 83.3 Å². The fourth-order valence-electron chi connectivity index (χ4n) is 4.80. The fraction of sp³-hybridized carbons (Fsp3) is 0.185. The molecular formula is C27H22N4O2S. The van der Waals surface area contributed by atoms with Gasteiger partial charge in [0.05, 0.1) is 22.4 Å². The second-order valence-electron chi connectivity index (χ2n) is 8.68. The minimum Gasteiger partial charge on any atom is -0.258 e. The van der Waals surface area contributed by atoms with Gasteiger partial charge in [-0.05, 0) is 59.7 Å². The zero-order valence-corrected chi connectivity index (χ0v) is 19.2. The van der Waals surface area contributed by atoms with Gasteiger partial charge in [-0.25, -0.2) is 9.99 Å². The number of aryl methyl sites for hydroxylation is 2. The number of aromatic nitrogens is 1. The van der Waals surface area contributed by atoms with Gasteiger partial charge in [-0.1, -0.05) is 42.5 Å². The van der Waals surface area contributed by atoms with Crippen molar-refractivity contribution in [2.24, 2.45) is 5.10 Å². The van der Waals surface area contributed by atoms with Gasteiger partial charge in [0.15, 0.2) is 0 Å². The van der Waals surface area contributed by atoms with Gasteiger partial charge in [-0.15, -0.1) is 11.3 Å². The first-order chi connectivity index (χ1) is 16.7. The van der Waals surface area contributed by atoms with Gasteiger partial charge in [0.1, 0.15) is 0 Å². The summed E-state index contributed by atoms with van der Waals surface area (Å²) in [6, 6.07) is 23.8. The van der Waals surface area contributed by atoms with E-state index < -0.39 is 0 Å². The number of non-ortho nitro benzene ring substituents is 1. The molecule has 0 saturated heterocycles. The Bertz CT molecular complexity index is 1400. The molecule has 34 heavy (non-hydrogen) atoms. The average molecular weight is 467 g/mol. The van der Waals surface area contributed by atoms with E-state index in [-0.39, 0.29) is 16.7 Å². The smallest absolute Gasteiger partial charge is 0.258 e. The fourth-order valence-corrected chi connectivity index (χ4v) is 5.64. The molecule has 0 N–H and O–H groups in total. The van der Waals surface area contributed by atoms with Crippen LogP contribution in [0, 0.1) is 10.1 Å². The van der Waals surface area contributed by atoms with Crippen molar-refractivity contribution in [3.8, 4) is 11.3 Å². The highest BCUT2D eigenvalue weighted by Crippen LogP contribution is 2.40. The Morgan fingerprint density at radius 2 is 1.71 bits per heavy atom. The quantitative estimate of drug-likeness (QED) is 0.247. The van der Waals surface area contributed by atoms with Crippen LogP contribution in [-0.2, 0) is 12.8 Å². The maximum Gasteiger partial charge on any atom is 0.269 e. The SMILES string of the molecule is O=[N+]([O-])c1ccc(-c2csc(N3N=C(c4ccc5c(c4)CCC5)CC3c3ccccc3)n2)cc1. The maximum absolute atomic E-state index is 11.0. The summed E-state index contributed by atoms with van der Waals surface area (Å²) in [5, 5.41) is 20.9. The molecule has 6 nitrogen and oxygen atoms in total. The largest absolute Gasteiger partial charge is 0.269 e. The molecule has 168 valence electrons. The molecule has 0 spiro atoms. The number of hydrogen-bond acceptors (Lipinski definition) is 6. The van der Waals surface area contributed by atoms with E-state index in [0.29, 0.717) is 0 Å². The lowest BCUT2D eigenvalue weighted by Crippen LogP contribution is -2.18. The Morgan fingerprint density at radius 1 is 0.941 bits per heavy atom. The van der Waals surface area contributed by atoms with E-state index in [1.807, 2.05) is 16.5 Å². The number of nitro benzene ring substituents is 1. The molecule has 1 aliphatic heterocycles. The van der Waals surface area contributed by atoms with Crippen molar-refractivity contribution in [2.45, 2.75) is 31.7 Å². The van der Waals surface area contributed by atoms with Crippen LogP contribution in [0.25, 0.3) is 11.3 Å². The van der Waals surface area contributed by atoms with Gasteiger partial charge in [0.2, 0.25) is 5.13 Å². The first-order valence-corrected chi connectivity index (χ1v) is 12.3. The highest BCUT2D eigenvalue weighted by Gasteiger charge is 2.32. The predicted molar refractivity (Wildman–Crippen MR) is 135 cm³/mol. The molecule has 2 heterocycles. The monoisotopic (exact) mass is 466 g/mol. The Hall–Kier alpha value is -3.84. The Labute approximate surface area is 201 Å². The van der Waals surface area contributed by atoms with Gasteiger partial charge < -0.3 is 0 Å². The van der Waals surface area contributed by atoms with Crippen LogP contribution in [-0.4, -0.2) is 15.6 Å². The molecule has 0 radical (unpaired) electrons. The molecule has 1 atom stereocenters. The highest BCUT2D eigenvalue weighted by atomic mass is 32.1. The molecule has 6 rings (SSSR count). The standard InChI is InChI=1S/C27H22N4O2S/c32-31(33)23-13-11-19(12-14-23)25-17-34-27(28-25)30-26(20-5-2-1-3-6-20)16-24(29-30)22-10-9-18-7-4-8-21(18)15-22/h1-3,5-6,9-15,17,26H,4,7-8,16H2. The van der Waals surface area contributed by atoms with Crippen LogP contribution in [0.2, 0.25) is 0 Å². The van der Waals surface area contributed by atoms with Crippen LogP contribution in [0.1, 0.15) is 41.1 Å². The summed E-state index contributed by atoms with van der Waals surface area (Å²) in [7, 11) is 0. The second kappa shape index (κ2) is 8.50. The Kier molecular flexibility index (Phi) is 5.19. The molecule has 3 aromatic carbocycles. The zero-order valence-electron chi connectivity index (χ0n) is 18.4. The Morgan fingerprint density at radius 3 is 2.50 bits per heavy atom. The summed E-state index contributed by atoms with van der Waals surface area (Å²) in [6.45, 7) is 0. The summed E-state index contributed by atoms with van der Waals surface area (Å²) in [5.74, 6) is 0. The van der Waals surface area contributed by atoms with Crippen LogP contribution in [0.3, 0.4) is 0 Å². The summed E-state index contributed by atoms with van der Waals surface area (Å²) in [4.78, 5) is 15.5. The molecule has 1 aromatic heterocycles. The maximum atomic E-state index is 11.0. The van der Waals surface area contributed by atoms with Crippen molar-refractivity contribution in [2.75, 3.05) is 5.01 Å². The van der Waals surface area contributed by atoms with E-state index in [4.69, 9.17) is 10.1 Å². The van der Waals surface area contributed by atoms with Crippen LogP contribution in [0.5, 0.6) is 0 Å². The van der Waals surface area contributed by atoms with Crippen LogP contribution >= 0.6 is 11.3 Å². The van der Waals surface area contributed by atoms with Crippen molar-refractivity contribution in [3.63, 3.8) is 0 Å². The van der Waals surface area contributed by atoms with Gasteiger partial charge in [-0.2, -0.15) is 5.10 Å². The molecule has 0 amide bonds. The van der Waals surface area contributed by atoms with Gasteiger partial charge in [0.25, 0.3) is 5.69 Å². The molecule has 0 bridgehead atoms. The normalized spacial score (nSPS) is 17.0. The van der Waals surface area contributed by atoms with E-state index >= 15 is 0 Å². The number of nitro groups is 1. The number of rotatable bonds is 5. The predicted octanol–water partition coefficient (Wildman–Crippen LogP) is 6.56. The third-order valence-corrected chi connectivity index (χ3v) is 7.42. The van der Waals surface area contributed by atoms with Crippen molar-refractivity contribution in [1.82, 2.24) is 4.98 Å². The molecule has 7 heteroatoms. The minimum atomic E-state index is -0.389. The van der Waals surface area contributed by atoms with Crippen molar-refractivity contribution in [1.29, 1.82) is 0 Å². The number of anilines is 1. The van der Waals surface area contributed by atoms with Crippen LogP contribution in [0.4, 0.5) is 10.8 Å². The van der Waals surface area contributed by atoms with E-state index in [2.05, 4.69) is 42.5 Å². The number of fused-ring (bicyclic) bond motifs is 1. The molecule has 4 aromatic rings. The number of nitrogens with zero attached hydrogens (tertiary/aromatic N) is 4. The van der Waals surface area contributed by atoms with Gasteiger partial charge in [-0.3, -0.25) is 10.1 Å². The molecule has 1 aliphatic carbocycles. The van der Waals surface area contributed by atoms with E-state index in [1.54, 1.807) is 23.5 Å². The molecule has 1 unspecified atom stereocenters. The summed E-state index contributed by atoms with van der Waals surface area (Å²) < 4.78 is 0. The number of benzene rings is 3. The third-order valence-electron chi connectivity index (χ3n) is 6.59. The lowest BCUT2D eigenvalue weighted by atomic mass is 9.97. The summed E-state index contributed by atoms with van der Waals surface area (Å²) in [6.07, 6.45) is 4.36. The van der Waals surface area contributed by atoms with Crippen molar-refractivity contribution < 1.29 is 4.92 Å². The van der Waals surface area contributed by atoms with E-state index in [1.165, 1.54) is 47.2 Å². The zero-order chi connectivity index (χ0) is 23.1. The van der Waals surface area contributed by atoms with Crippen molar-refractivity contribution in [3.05, 3.63) is 111 Å². The first kappa shape index (κ1) is 20.7. The summed E-state index contributed by atoms with van der Waals surface area (Å²) >= 11 is 1.54. The van der Waals surface area contributed by atoms with Crippen molar-refractivity contribution >= 4 is 27.9 Å². The highest BCUT2D eigenvalue weighted by molar-refractivity contribution is 7.14. The lowest BCUT2D eigenvalue weighted by molar-refractivity contribution is -0.384. The molecular weight excluding hydrogens is 444 g/mol.